The van der Waals surface area contributed by atoms with E-state index in [0.29, 0.717) is 35.0 Å². The number of nitrogens with one attached hydrogen (secondary N) is 1. The summed E-state index contributed by atoms with van der Waals surface area (Å²) in [5.41, 5.74) is 1.99. The highest BCUT2D eigenvalue weighted by molar-refractivity contribution is 7.40. The maximum atomic E-state index is 11.2. The van der Waals surface area contributed by atoms with Crippen LogP contribution in [0.4, 0.5) is 0 Å². The third kappa shape index (κ3) is 6.71. The molecule has 0 saturated heterocycles. The van der Waals surface area contributed by atoms with Gasteiger partial charge in [0.2, 0.25) is 0 Å². The number of carboxylic acid groups (broad SMARTS) is 1. The summed E-state index contributed by atoms with van der Waals surface area (Å²) in [6.45, 7) is 2.47. The van der Waals surface area contributed by atoms with Gasteiger partial charge in [-0.1, -0.05) is 24.3 Å². The number of para-hydroxylation sites is 1. The number of rotatable bonds is 6. The SMILES string of the molecule is CCOc1ccc(/C=C/c2nc3c(C(=O)[O-])cccc3[nH]2)cc1OC.O=P([O-])([O-])[O-]. The number of hydrogen-bond donors (Lipinski definition) is 1. The Labute approximate surface area is 171 Å². The summed E-state index contributed by atoms with van der Waals surface area (Å²) >= 11 is 0. The molecule has 0 bridgehead atoms. The molecule has 1 heterocycles. The molecule has 0 radical (unpaired) electrons. The largest absolute Gasteiger partial charge is 0.822 e. The first-order valence-corrected chi connectivity index (χ1v) is 10.0. The molecule has 2 aromatic carbocycles. The Balaban J connectivity index is 0.000000575. The van der Waals surface area contributed by atoms with Crippen LogP contribution in [-0.4, -0.2) is 29.7 Å². The molecule has 3 rings (SSSR count). The minimum Gasteiger partial charge on any atom is -0.822 e. The minimum atomic E-state index is -5.39. The third-order valence-corrected chi connectivity index (χ3v) is 3.67. The summed E-state index contributed by atoms with van der Waals surface area (Å²) < 4.78 is 19.4. The Morgan fingerprint density at radius 3 is 2.47 bits per heavy atom. The quantitative estimate of drug-likeness (QED) is 0.512. The number of benzene rings is 2. The highest BCUT2D eigenvalue weighted by Crippen LogP contribution is 2.28. The predicted octanol–water partition coefficient (Wildman–Crippen LogP) is -0.321. The lowest BCUT2D eigenvalue weighted by molar-refractivity contribution is -0.432. The standard InChI is InChI=1S/C19H18N2O4.H3O4P/c1-3-25-15-9-7-12(11-16(15)24-2)8-10-17-20-14-6-4-5-13(19(22)23)18(14)21-17;1-5(2,3)4/h4-11H,3H2,1-2H3,(H,20,21)(H,22,23);(H3,1,2,3,4)/p-4/b10-8+;. The number of carbonyl (C=O) groups is 1. The summed E-state index contributed by atoms with van der Waals surface area (Å²) in [5, 5.41) is 11.2. The first-order valence-electron chi connectivity index (χ1n) is 8.54. The fourth-order valence-electron chi connectivity index (χ4n) is 2.53. The zero-order valence-electron chi connectivity index (χ0n) is 16.0. The topological polar surface area (TPSA) is 174 Å². The molecule has 0 fully saturated rings. The van der Waals surface area contributed by atoms with Gasteiger partial charge in [-0.3, -0.25) is 0 Å². The number of fused-ring (bicyclic) bond motifs is 1. The maximum absolute atomic E-state index is 11.2. The van der Waals surface area contributed by atoms with Gasteiger partial charge in [-0.2, -0.15) is 7.82 Å². The monoisotopic (exact) mass is 432 g/mol. The van der Waals surface area contributed by atoms with Crippen molar-refractivity contribution in [3.63, 3.8) is 0 Å². The van der Waals surface area contributed by atoms with Gasteiger partial charge in [0.05, 0.1) is 30.7 Å². The summed E-state index contributed by atoms with van der Waals surface area (Å²) in [7, 11) is -3.80. The Hall–Kier alpha value is -3.17. The smallest absolute Gasteiger partial charge is 0.161 e. The van der Waals surface area contributed by atoms with Gasteiger partial charge in [-0.15, -0.1) is 0 Å². The van der Waals surface area contributed by atoms with Crippen molar-refractivity contribution in [1.29, 1.82) is 0 Å². The Bertz CT molecular complexity index is 1090. The number of H-pyrrole nitrogens is 1. The molecule has 160 valence electrons. The zero-order chi connectivity index (χ0) is 22.3. The van der Waals surface area contributed by atoms with Crippen LogP contribution in [0.1, 0.15) is 28.7 Å². The lowest BCUT2D eigenvalue weighted by Crippen LogP contribution is -2.24. The molecule has 0 atom stereocenters. The summed E-state index contributed by atoms with van der Waals surface area (Å²) in [6, 6.07) is 10.5. The van der Waals surface area contributed by atoms with Gasteiger partial charge in [-0.25, -0.2) is 4.98 Å². The number of aromatic carboxylic acids is 1. The molecule has 30 heavy (non-hydrogen) atoms. The first-order chi connectivity index (χ1) is 14.1. The van der Waals surface area contributed by atoms with Crippen LogP contribution in [0.25, 0.3) is 23.2 Å². The number of hydrogen-bond acceptors (Lipinski definition) is 9. The number of phosphoric acid groups is 1. The van der Waals surface area contributed by atoms with Gasteiger partial charge >= 0.3 is 0 Å². The molecule has 0 saturated carbocycles. The van der Waals surface area contributed by atoms with Crippen LogP contribution in [-0.2, 0) is 4.57 Å². The van der Waals surface area contributed by atoms with Gasteiger partial charge in [-0.05, 0) is 36.8 Å². The highest BCUT2D eigenvalue weighted by atomic mass is 31.2. The average molecular weight is 432 g/mol. The molecule has 3 aromatic rings. The number of aromatic nitrogens is 2. The van der Waals surface area contributed by atoms with Crippen molar-refractivity contribution in [1.82, 2.24) is 9.97 Å². The highest BCUT2D eigenvalue weighted by Gasteiger charge is 2.07. The van der Waals surface area contributed by atoms with Gasteiger partial charge in [0, 0.05) is 5.56 Å². The molecule has 0 unspecified atom stereocenters. The van der Waals surface area contributed by atoms with Crippen LogP contribution < -0.4 is 29.3 Å². The van der Waals surface area contributed by atoms with Crippen molar-refractivity contribution >= 4 is 37.0 Å². The molecule has 0 aliphatic carbocycles. The fourth-order valence-corrected chi connectivity index (χ4v) is 2.53. The lowest BCUT2D eigenvalue weighted by atomic mass is 10.2. The van der Waals surface area contributed by atoms with Crippen LogP contribution in [0.15, 0.2) is 36.4 Å². The molecule has 1 aromatic heterocycles. The maximum Gasteiger partial charge on any atom is 0.161 e. The molecule has 11 heteroatoms. The lowest BCUT2D eigenvalue weighted by Gasteiger charge is -2.36. The van der Waals surface area contributed by atoms with Crippen LogP contribution in [0.3, 0.4) is 0 Å². The number of ether oxygens (including phenoxy) is 2. The molecule has 0 amide bonds. The molecule has 0 aliphatic rings. The minimum absolute atomic E-state index is 0.0659. The number of carboxylic acids is 1. The van der Waals surface area contributed by atoms with Gasteiger partial charge in [0.15, 0.2) is 11.5 Å². The van der Waals surface area contributed by atoms with Crippen molar-refractivity contribution in [2.75, 3.05) is 13.7 Å². The van der Waals surface area contributed by atoms with Crippen LogP contribution >= 0.6 is 7.82 Å². The van der Waals surface area contributed by atoms with Crippen LogP contribution in [0.5, 0.6) is 11.5 Å². The van der Waals surface area contributed by atoms with Crippen molar-refractivity contribution in [3.8, 4) is 11.5 Å². The van der Waals surface area contributed by atoms with E-state index >= 15 is 0 Å². The fraction of sp³-hybridized carbons (Fsp3) is 0.158. The molecule has 0 spiro atoms. The van der Waals surface area contributed by atoms with E-state index in [0.717, 1.165) is 5.56 Å². The van der Waals surface area contributed by atoms with E-state index in [1.165, 1.54) is 6.07 Å². The second-order valence-corrected chi connectivity index (χ2v) is 6.63. The van der Waals surface area contributed by atoms with Crippen molar-refractivity contribution in [3.05, 3.63) is 53.3 Å². The molecular formula is C19H17N2O8P-4. The van der Waals surface area contributed by atoms with E-state index in [4.69, 9.17) is 28.7 Å². The Morgan fingerprint density at radius 2 is 1.87 bits per heavy atom. The second kappa shape index (κ2) is 10.0. The number of methoxy groups -OCH3 is 1. The number of aromatic amines is 1. The van der Waals surface area contributed by atoms with Crippen LogP contribution in [0, 0.1) is 0 Å². The molecule has 10 nitrogen and oxygen atoms in total. The molecule has 1 N–H and O–H groups in total. The van der Waals surface area contributed by atoms with Gasteiger partial charge < -0.3 is 43.6 Å². The number of nitrogens with zero attached hydrogens (tertiary/aromatic N) is 1. The number of imidazole rings is 1. The van der Waals surface area contributed by atoms with Crippen molar-refractivity contribution in [2.45, 2.75) is 6.92 Å². The van der Waals surface area contributed by atoms with E-state index < -0.39 is 13.8 Å². The van der Waals surface area contributed by atoms with Crippen LogP contribution in [0.2, 0.25) is 0 Å². The van der Waals surface area contributed by atoms with Crippen molar-refractivity contribution < 1.29 is 38.6 Å². The average Bonchev–Trinajstić information content (AvgIpc) is 3.09. The third-order valence-electron chi connectivity index (χ3n) is 3.67. The van der Waals surface area contributed by atoms with Crippen molar-refractivity contribution in [2.24, 2.45) is 0 Å². The van der Waals surface area contributed by atoms with E-state index in [1.54, 1.807) is 25.3 Å². The van der Waals surface area contributed by atoms with E-state index in [2.05, 4.69) is 9.97 Å². The summed E-state index contributed by atoms with van der Waals surface area (Å²) in [4.78, 5) is 44.2. The normalized spacial score (nSPS) is 11.2. The summed E-state index contributed by atoms with van der Waals surface area (Å²) in [5.74, 6) is 0.637. The molecule has 0 aliphatic heterocycles. The number of carbonyl (C=O) groups excluding carboxylic acids is 1. The van der Waals surface area contributed by atoms with E-state index in [9.17, 15) is 9.90 Å². The summed E-state index contributed by atoms with van der Waals surface area (Å²) in [6.07, 6.45) is 3.63. The van der Waals surface area contributed by atoms with E-state index in [1.807, 2.05) is 31.2 Å². The zero-order valence-corrected chi connectivity index (χ0v) is 16.9. The van der Waals surface area contributed by atoms with E-state index in [-0.39, 0.29) is 5.56 Å². The first kappa shape index (κ1) is 23.1. The second-order valence-electron chi connectivity index (χ2n) is 5.74. The Kier molecular flexibility index (Phi) is 7.73. The predicted molar refractivity (Wildman–Crippen MR) is 101 cm³/mol. The molecular weight excluding hydrogens is 415 g/mol. The van der Waals surface area contributed by atoms with Gasteiger partial charge in [0.25, 0.3) is 0 Å². The van der Waals surface area contributed by atoms with Gasteiger partial charge in [0.1, 0.15) is 5.82 Å². The Morgan fingerprint density at radius 1 is 1.17 bits per heavy atom.